The molecule has 2 aromatic rings. The van der Waals surface area contributed by atoms with Gasteiger partial charge in [-0.25, -0.2) is 9.78 Å². The van der Waals surface area contributed by atoms with Gasteiger partial charge in [0.1, 0.15) is 11.7 Å². The van der Waals surface area contributed by atoms with Gasteiger partial charge in [-0.05, 0) is 11.6 Å². The smallest absolute Gasteiger partial charge is 0.327 e. The quantitative estimate of drug-likeness (QED) is 0.886. The van der Waals surface area contributed by atoms with E-state index in [4.69, 9.17) is 0 Å². The summed E-state index contributed by atoms with van der Waals surface area (Å²) in [4.78, 5) is 29.3. The van der Waals surface area contributed by atoms with Crippen LogP contribution in [0.3, 0.4) is 0 Å². The van der Waals surface area contributed by atoms with E-state index in [9.17, 15) is 14.7 Å². The Balaban J connectivity index is 2.04. The highest BCUT2D eigenvalue weighted by atomic mass is 16.4. The van der Waals surface area contributed by atoms with Crippen molar-refractivity contribution in [3.63, 3.8) is 0 Å². The van der Waals surface area contributed by atoms with E-state index in [0.717, 1.165) is 5.56 Å². The van der Waals surface area contributed by atoms with Crippen molar-refractivity contribution >= 4 is 17.6 Å². The zero-order valence-electron chi connectivity index (χ0n) is 10.9. The van der Waals surface area contributed by atoms with Gasteiger partial charge in [-0.15, -0.1) is 0 Å². The molecule has 0 aliphatic carbocycles. The van der Waals surface area contributed by atoms with E-state index in [1.807, 2.05) is 12.1 Å². The van der Waals surface area contributed by atoms with Crippen molar-refractivity contribution in [3.8, 4) is 0 Å². The summed E-state index contributed by atoms with van der Waals surface area (Å²) in [5.74, 6) is -1.39. The van der Waals surface area contributed by atoms with Crippen LogP contribution >= 0.6 is 0 Å². The summed E-state index contributed by atoms with van der Waals surface area (Å²) >= 11 is 0. The number of hydrogen-bond acceptors (Lipinski definition) is 3. The average Bonchev–Trinajstić information content (AvgIpc) is 3.01. The maximum atomic E-state index is 12.5. The number of para-hydroxylation sites is 1. The first-order chi connectivity index (χ1) is 9.58. The van der Waals surface area contributed by atoms with Gasteiger partial charge >= 0.3 is 5.97 Å². The van der Waals surface area contributed by atoms with Gasteiger partial charge in [0.25, 0.3) is 5.91 Å². The molecule has 1 aromatic carbocycles. The molecule has 0 bridgehead atoms. The third kappa shape index (κ3) is 1.85. The highest BCUT2D eigenvalue weighted by Gasteiger charge is 2.39. The molecular formula is C14H13N3O3. The number of fused-ring (bicyclic) bond motifs is 1. The molecule has 6 heteroatoms. The van der Waals surface area contributed by atoms with E-state index < -0.39 is 12.0 Å². The van der Waals surface area contributed by atoms with Crippen LogP contribution < -0.4 is 4.90 Å². The molecule has 3 rings (SSSR count). The van der Waals surface area contributed by atoms with Gasteiger partial charge in [0, 0.05) is 25.4 Å². The van der Waals surface area contributed by atoms with Crippen molar-refractivity contribution in [1.29, 1.82) is 0 Å². The minimum absolute atomic E-state index is 0.246. The maximum Gasteiger partial charge on any atom is 0.327 e. The van der Waals surface area contributed by atoms with Crippen molar-refractivity contribution in [2.75, 3.05) is 4.90 Å². The molecule has 1 aromatic heterocycles. The summed E-state index contributed by atoms with van der Waals surface area (Å²) in [6.07, 6.45) is 3.43. The van der Waals surface area contributed by atoms with Gasteiger partial charge in [0.2, 0.25) is 0 Å². The number of hydrogen-bond donors (Lipinski definition) is 1. The second-order valence-corrected chi connectivity index (χ2v) is 4.79. The predicted molar refractivity (Wildman–Crippen MR) is 71.6 cm³/mol. The normalized spacial score (nSPS) is 17.1. The number of carbonyl (C=O) groups is 2. The number of amides is 1. The van der Waals surface area contributed by atoms with Gasteiger partial charge < -0.3 is 9.67 Å². The number of carbonyl (C=O) groups excluding carboxylic acids is 1. The first-order valence-corrected chi connectivity index (χ1v) is 6.20. The number of anilines is 1. The monoisotopic (exact) mass is 271 g/mol. The SMILES string of the molecule is Cn1cnc(C(=O)N2c3ccccc3C[C@H]2C(=O)O)c1. The van der Waals surface area contributed by atoms with Crippen molar-refractivity contribution in [3.05, 3.63) is 48.0 Å². The van der Waals surface area contributed by atoms with Crippen LogP contribution in [0.1, 0.15) is 16.1 Å². The highest BCUT2D eigenvalue weighted by molar-refractivity contribution is 6.09. The number of imidazole rings is 1. The van der Waals surface area contributed by atoms with E-state index in [2.05, 4.69) is 4.98 Å². The molecule has 1 N–H and O–H groups in total. The lowest BCUT2D eigenvalue weighted by Gasteiger charge is -2.21. The van der Waals surface area contributed by atoms with Gasteiger partial charge in [0.15, 0.2) is 0 Å². The summed E-state index contributed by atoms with van der Waals surface area (Å²) in [6.45, 7) is 0. The second-order valence-electron chi connectivity index (χ2n) is 4.79. The molecule has 1 aliphatic heterocycles. The van der Waals surface area contributed by atoms with Crippen LogP contribution in [0.15, 0.2) is 36.8 Å². The van der Waals surface area contributed by atoms with Crippen molar-refractivity contribution in [1.82, 2.24) is 9.55 Å². The molecule has 102 valence electrons. The topological polar surface area (TPSA) is 75.4 Å². The molecule has 0 unspecified atom stereocenters. The lowest BCUT2D eigenvalue weighted by Crippen LogP contribution is -2.43. The number of aryl methyl sites for hydroxylation is 1. The molecule has 0 fully saturated rings. The third-order valence-corrected chi connectivity index (χ3v) is 3.40. The summed E-state index contributed by atoms with van der Waals surface area (Å²) < 4.78 is 1.66. The molecule has 1 amide bonds. The number of carboxylic acids is 1. The summed E-state index contributed by atoms with van der Waals surface area (Å²) in [7, 11) is 1.76. The van der Waals surface area contributed by atoms with E-state index in [1.165, 1.54) is 11.2 Å². The van der Waals surface area contributed by atoms with E-state index in [0.29, 0.717) is 12.1 Å². The lowest BCUT2D eigenvalue weighted by molar-refractivity contribution is -0.138. The highest BCUT2D eigenvalue weighted by Crippen LogP contribution is 2.33. The number of aliphatic carboxylic acids is 1. The number of carboxylic acid groups (broad SMARTS) is 1. The molecule has 0 radical (unpaired) electrons. The Bertz CT molecular complexity index is 692. The molecule has 0 saturated heterocycles. The number of rotatable bonds is 2. The molecular weight excluding hydrogens is 258 g/mol. The predicted octanol–water partition coefficient (Wildman–Crippen LogP) is 1.08. The summed E-state index contributed by atoms with van der Waals surface area (Å²) in [5.41, 5.74) is 1.76. The fourth-order valence-electron chi connectivity index (χ4n) is 2.48. The first kappa shape index (κ1) is 12.4. The Hall–Kier alpha value is -2.63. The average molecular weight is 271 g/mol. The van der Waals surface area contributed by atoms with Crippen LogP contribution in [-0.4, -0.2) is 32.6 Å². The van der Waals surface area contributed by atoms with Crippen LogP contribution in [0.5, 0.6) is 0 Å². The Morgan fingerprint density at radius 2 is 2.10 bits per heavy atom. The van der Waals surface area contributed by atoms with Gasteiger partial charge in [-0.2, -0.15) is 0 Å². The Labute approximate surface area is 115 Å². The molecule has 0 saturated carbocycles. The summed E-state index contributed by atoms with van der Waals surface area (Å²) in [5, 5.41) is 9.34. The van der Waals surface area contributed by atoms with E-state index in [-0.39, 0.29) is 11.6 Å². The van der Waals surface area contributed by atoms with Crippen LogP contribution in [0.2, 0.25) is 0 Å². The molecule has 1 atom stereocenters. The summed E-state index contributed by atoms with van der Waals surface area (Å²) in [6, 6.07) is 6.37. The van der Waals surface area contributed by atoms with Gasteiger partial charge in [0.05, 0.1) is 6.33 Å². The third-order valence-electron chi connectivity index (χ3n) is 3.40. The number of benzene rings is 1. The number of aromatic nitrogens is 2. The van der Waals surface area contributed by atoms with Crippen molar-refractivity contribution < 1.29 is 14.7 Å². The first-order valence-electron chi connectivity index (χ1n) is 6.20. The Morgan fingerprint density at radius 3 is 2.75 bits per heavy atom. The van der Waals surface area contributed by atoms with Gasteiger partial charge in [-0.3, -0.25) is 9.69 Å². The fourth-order valence-corrected chi connectivity index (χ4v) is 2.48. The Kier molecular flexibility index (Phi) is 2.78. The van der Waals surface area contributed by atoms with Crippen molar-refractivity contribution in [2.24, 2.45) is 7.05 Å². The van der Waals surface area contributed by atoms with Gasteiger partial charge in [-0.1, -0.05) is 18.2 Å². The molecule has 20 heavy (non-hydrogen) atoms. The number of nitrogens with zero attached hydrogens (tertiary/aromatic N) is 3. The standard InChI is InChI=1S/C14H13N3O3/c1-16-7-10(15-8-16)13(18)17-11-5-3-2-4-9(11)6-12(17)14(19)20/h2-5,7-8,12H,6H2,1H3,(H,19,20)/t12-/m0/s1. The van der Waals surface area contributed by atoms with Crippen LogP contribution in [0.25, 0.3) is 0 Å². The minimum Gasteiger partial charge on any atom is -0.480 e. The second kappa shape index (κ2) is 4.48. The Morgan fingerprint density at radius 1 is 1.35 bits per heavy atom. The van der Waals surface area contributed by atoms with Crippen LogP contribution in [0, 0.1) is 0 Å². The largest absolute Gasteiger partial charge is 0.480 e. The zero-order valence-corrected chi connectivity index (χ0v) is 10.9. The van der Waals surface area contributed by atoms with Crippen LogP contribution in [-0.2, 0) is 18.3 Å². The molecule has 1 aliphatic rings. The fraction of sp³-hybridized carbons (Fsp3) is 0.214. The van der Waals surface area contributed by atoms with E-state index >= 15 is 0 Å². The zero-order chi connectivity index (χ0) is 14.3. The molecule has 0 spiro atoms. The van der Waals surface area contributed by atoms with E-state index in [1.54, 1.807) is 29.9 Å². The molecule has 6 nitrogen and oxygen atoms in total. The molecule has 2 heterocycles. The minimum atomic E-state index is -1.01. The lowest BCUT2D eigenvalue weighted by atomic mass is 10.1. The van der Waals surface area contributed by atoms with Crippen LogP contribution in [0.4, 0.5) is 5.69 Å². The maximum absolute atomic E-state index is 12.5. The van der Waals surface area contributed by atoms with Crippen molar-refractivity contribution in [2.45, 2.75) is 12.5 Å².